The quantitative estimate of drug-likeness (QED) is 0.165. The summed E-state index contributed by atoms with van der Waals surface area (Å²) in [5, 5.41) is 2.56. The first kappa shape index (κ1) is 51.7. The van der Waals surface area contributed by atoms with Gasteiger partial charge in [0.25, 0.3) is 0 Å². The second-order valence-corrected chi connectivity index (χ2v) is 29.2. The predicted molar refractivity (Wildman–Crippen MR) is 329 cm³/mol. The highest BCUT2D eigenvalue weighted by atomic mass is 32.2. The van der Waals surface area contributed by atoms with Crippen LogP contribution < -0.4 is 21.3 Å². The van der Waals surface area contributed by atoms with Crippen molar-refractivity contribution in [2.24, 2.45) is 0 Å². The fourth-order valence-electron chi connectivity index (χ4n) is 11.4. The third-order valence-corrected chi connectivity index (χ3v) is 17.2. The molecule has 5 heterocycles. The summed E-state index contributed by atoms with van der Waals surface area (Å²) in [6.07, 6.45) is 0. The standard InChI is InChI=1S/C70H77BN4S/c1-65(2,3)42-29-34-55-49(36-42)50-37-43(66(4,5)6)30-35-56(50)74(55)46-31-33-51-57(41-46)75(58-38-45(68(10,11)12)40-60-63(58)71(51)52-32-28-44(67(7,8)9)39-59(52)76-60)64-47(53-24-20-26-61(72-53)69(13,14)15)22-19-23-48(64)54-25-21-27-62(73-54)70(16,17)18/h19-41H,1-18H3. The molecule has 6 aromatic carbocycles. The number of para-hydroxylation sites is 1. The van der Waals surface area contributed by atoms with Crippen LogP contribution in [-0.2, 0) is 32.5 Å². The number of aromatic nitrogens is 3. The number of pyridine rings is 2. The largest absolute Gasteiger partial charge is 0.310 e. The monoisotopic (exact) mass is 1020 g/mol. The minimum Gasteiger partial charge on any atom is -0.310 e. The molecular weight excluding hydrogens is 940 g/mol. The molecule has 0 unspecified atom stereocenters. The van der Waals surface area contributed by atoms with Crippen LogP contribution in [0, 0.1) is 0 Å². The first-order chi connectivity index (χ1) is 35.5. The molecule has 11 rings (SSSR count). The van der Waals surface area contributed by atoms with Crippen molar-refractivity contribution in [3.63, 3.8) is 0 Å². The van der Waals surface area contributed by atoms with E-state index in [9.17, 15) is 0 Å². The van der Waals surface area contributed by atoms with Crippen LogP contribution in [0.5, 0.6) is 0 Å². The zero-order chi connectivity index (χ0) is 54.4. The van der Waals surface area contributed by atoms with Crippen LogP contribution in [0.2, 0.25) is 0 Å². The smallest absolute Gasteiger partial charge is 0.249 e. The van der Waals surface area contributed by atoms with Crippen LogP contribution in [-0.4, -0.2) is 21.2 Å². The maximum Gasteiger partial charge on any atom is 0.249 e. The average Bonchev–Trinajstić information content (AvgIpc) is 3.79. The molecule has 0 bridgehead atoms. The highest BCUT2D eigenvalue weighted by molar-refractivity contribution is 8.00. The van der Waals surface area contributed by atoms with Crippen molar-refractivity contribution in [2.75, 3.05) is 4.90 Å². The molecule has 76 heavy (non-hydrogen) atoms. The summed E-state index contributed by atoms with van der Waals surface area (Å²) in [6.45, 7) is 41.5. The summed E-state index contributed by atoms with van der Waals surface area (Å²) in [5.41, 5.74) is 22.0. The van der Waals surface area contributed by atoms with E-state index in [1.54, 1.807) is 0 Å². The van der Waals surface area contributed by atoms with E-state index in [1.807, 2.05) is 11.8 Å². The Kier molecular flexibility index (Phi) is 12.0. The van der Waals surface area contributed by atoms with Gasteiger partial charge in [0.2, 0.25) is 6.71 Å². The van der Waals surface area contributed by atoms with E-state index in [2.05, 4.69) is 274 Å². The Morgan fingerprint density at radius 3 is 1.36 bits per heavy atom. The van der Waals surface area contributed by atoms with Crippen LogP contribution in [0.15, 0.2) is 149 Å². The summed E-state index contributed by atoms with van der Waals surface area (Å²) in [5.74, 6) is 0. The lowest BCUT2D eigenvalue weighted by Gasteiger charge is -2.43. The normalized spacial score (nSPS) is 14.1. The van der Waals surface area contributed by atoms with Gasteiger partial charge in [-0.05, 0) is 134 Å². The first-order valence-electron chi connectivity index (χ1n) is 27.6. The molecule has 0 atom stereocenters. The van der Waals surface area contributed by atoms with Gasteiger partial charge in [0.15, 0.2) is 0 Å². The van der Waals surface area contributed by atoms with Gasteiger partial charge in [-0.25, -0.2) is 0 Å². The van der Waals surface area contributed by atoms with E-state index >= 15 is 0 Å². The molecule has 4 nitrogen and oxygen atoms in total. The van der Waals surface area contributed by atoms with Crippen molar-refractivity contribution < 1.29 is 0 Å². The molecule has 2 aliphatic heterocycles. The summed E-state index contributed by atoms with van der Waals surface area (Å²) in [7, 11) is 0. The van der Waals surface area contributed by atoms with E-state index in [-0.39, 0.29) is 39.2 Å². The lowest BCUT2D eigenvalue weighted by Crippen LogP contribution is -2.60. The molecule has 0 radical (unpaired) electrons. The van der Waals surface area contributed by atoms with Crippen LogP contribution >= 0.6 is 11.8 Å². The van der Waals surface area contributed by atoms with E-state index in [4.69, 9.17) is 9.97 Å². The van der Waals surface area contributed by atoms with E-state index in [1.165, 1.54) is 75.9 Å². The van der Waals surface area contributed by atoms with Gasteiger partial charge < -0.3 is 9.47 Å². The summed E-state index contributed by atoms with van der Waals surface area (Å²) in [6, 6.07) is 54.0. The number of hydrogen-bond acceptors (Lipinski definition) is 4. The maximum absolute atomic E-state index is 5.57. The van der Waals surface area contributed by atoms with Crippen LogP contribution in [0.1, 0.15) is 158 Å². The number of rotatable bonds is 4. The van der Waals surface area contributed by atoms with Gasteiger partial charge in [-0.1, -0.05) is 203 Å². The number of anilines is 3. The van der Waals surface area contributed by atoms with Crippen LogP contribution in [0.4, 0.5) is 17.1 Å². The lowest BCUT2D eigenvalue weighted by atomic mass is 9.34. The van der Waals surface area contributed by atoms with Crippen molar-refractivity contribution in [3.8, 4) is 28.2 Å². The zero-order valence-electron chi connectivity index (χ0n) is 48.6. The molecule has 0 fully saturated rings. The molecule has 0 spiro atoms. The molecule has 9 aromatic rings. The number of nitrogens with zero attached hydrogens (tertiary/aromatic N) is 4. The van der Waals surface area contributed by atoms with Gasteiger partial charge in [0.1, 0.15) is 0 Å². The minimum absolute atomic E-state index is 0.00479. The van der Waals surface area contributed by atoms with Crippen molar-refractivity contribution in [1.82, 2.24) is 14.5 Å². The van der Waals surface area contributed by atoms with E-state index < -0.39 is 0 Å². The molecule has 6 heteroatoms. The molecular formula is C70H77BN4S. The molecule has 0 amide bonds. The minimum atomic E-state index is -0.155. The zero-order valence-corrected chi connectivity index (χ0v) is 49.4. The molecule has 3 aromatic heterocycles. The number of hydrogen-bond donors (Lipinski definition) is 0. The summed E-state index contributed by atoms with van der Waals surface area (Å²) < 4.78 is 2.53. The Morgan fingerprint density at radius 2 is 0.855 bits per heavy atom. The predicted octanol–water partition coefficient (Wildman–Crippen LogP) is 17.5. The van der Waals surface area contributed by atoms with Crippen molar-refractivity contribution in [3.05, 3.63) is 173 Å². The Hall–Kier alpha value is -6.37. The first-order valence-corrected chi connectivity index (χ1v) is 28.4. The summed E-state index contributed by atoms with van der Waals surface area (Å²) in [4.78, 5) is 16.4. The Balaban J connectivity index is 1.30. The molecule has 0 saturated heterocycles. The molecule has 386 valence electrons. The highest BCUT2D eigenvalue weighted by Crippen LogP contribution is 2.51. The number of fused-ring (bicyclic) bond motifs is 7. The second-order valence-electron chi connectivity index (χ2n) is 28.1. The third-order valence-electron chi connectivity index (χ3n) is 16.1. The Bertz CT molecular complexity index is 3670. The third kappa shape index (κ3) is 8.91. The topological polar surface area (TPSA) is 34.0 Å². The van der Waals surface area contributed by atoms with Gasteiger partial charge in [-0.2, -0.15) is 0 Å². The SMILES string of the molecule is CC(C)(C)c1ccc2c(c1)Sc1cc(C(C)(C)C)cc3c1B2c1ccc(-n2c4ccc(C(C)(C)C)cc4c4cc(C(C)(C)C)ccc42)cc1N3c1c(-c2cccc(C(C)(C)C)n2)cccc1-c1cccc(C(C)(C)C)n1. The molecule has 0 aliphatic carbocycles. The Labute approximate surface area is 458 Å². The van der Waals surface area contributed by atoms with Gasteiger partial charge in [-0.15, -0.1) is 0 Å². The molecule has 0 N–H and O–H groups in total. The van der Waals surface area contributed by atoms with Crippen LogP contribution in [0.3, 0.4) is 0 Å². The van der Waals surface area contributed by atoms with Crippen molar-refractivity contribution >= 4 is 73.7 Å². The van der Waals surface area contributed by atoms with Crippen LogP contribution in [0.25, 0.3) is 50.0 Å². The lowest BCUT2D eigenvalue weighted by molar-refractivity contribution is 0.569. The summed E-state index contributed by atoms with van der Waals surface area (Å²) >= 11 is 1.95. The maximum atomic E-state index is 5.57. The van der Waals surface area contributed by atoms with E-state index in [0.29, 0.717) is 0 Å². The van der Waals surface area contributed by atoms with E-state index in [0.717, 1.165) is 51.0 Å². The van der Waals surface area contributed by atoms with Gasteiger partial charge >= 0.3 is 0 Å². The Morgan fingerprint density at radius 1 is 0.395 bits per heavy atom. The second kappa shape index (κ2) is 17.6. The van der Waals surface area contributed by atoms with Crippen molar-refractivity contribution in [1.29, 1.82) is 0 Å². The van der Waals surface area contributed by atoms with Crippen molar-refractivity contribution in [2.45, 2.75) is 167 Å². The molecule has 0 saturated carbocycles. The highest BCUT2D eigenvalue weighted by Gasteiger charge is 2.44. The van der Waals surface area contributed by atoms with Gasteiger partial charge in [0, 0.05) is 71.0 Å². The van der Waals surface area contributed by atoms with Gasteiger partial charge in [-0.3, -0.25) is 9.97 Å². The number of benzene rings is 6. The average molecular weight is 1020 g/mol. The fourth-order valence-corrected chi connectivity index (χ4v) is 12.7. The van der Waals surface area contributed by atoms with Gasteiger partial charge in [0.05, 0.1) is 28.1 Å². The molecule has 2 aliphatic rings. The fraction of sp³-hybridized carbons (Fsp3) is 0.343.